The Bertz CT molecular complexity index is 823. The smallest absolute Gasteiger partial charge is 0.134 e. The summed E-state index contributed by atoms with van der Waals surface area (Å²) >= 11 is 0. The first kappa shape index (κ1) is 16.9. The summed E-state index contributed by atoms with van der Waals surface area (Å²) in [5.41, 5.74) is 3.80. The summed E-state index contributed by atoms with van der Waals surface area (Å²) in [7, 11) is 0. The molecule has 2 aromatic heterocycles. The van der Waals surface area contributed by atoms with Crippen molar-refractivity contribution in [1.82, 2.24) is 19.9 Å². The van der Waals surface area contributed by atoms with E-state index in [1.807, 2.05) is 0 Å². The van der Waals surface area contributed by atoms with Gasteiger partial charge in [-0.15, -0.1) is 0 Å². The number of hydrogen-bond acceptors (Lipinski definition) is 6. The summed E-state index contributed by atoms with van der Waals surface area (Å²) in [6.07, 6.45) is 10.9. The molecule has 0 atom stereocenters. The van der Waals surface area contributed by atoms with E-state index in [0.29, 0.717) is 12.0 Å². The zero-order chi connectivity index (χ0) is 18.2. The van der Waals surface area contributed by atoms with Gasteiger partial charge in [-0.1, -0.05) is 6.92 Å². The van der Waals surface area contributed by atoms with Crippen molar-refractivity contribution in [2.75, 3.05) is 23.3 Å². The van der Waals surface area contributed by atoms with Gasteiger partial charge in [-0.3, -0.25) is 0 Å². The summed E-state index contributed by atoms with van der Waals surface area (Å²) < 4.78 is 0. The van der Waals surface area contributed by atoms with E-state index in [1.54, 1.807) is 6.33 Å². The molecule has 6 nitrogen and oxygen atoms in total. The van der Waals surface area contributed by atoms with Crippen molar-refractivity contribution >= 4 is 11.6 Å². The molecule has 0 unspecified atom stereocenters. The van der Waals surface area contributed by atoms with Gasteiger partial charge in [-0.25, -0.2) is 19.9 Å². The monoisotopic (exact) mass is 364 g/mol. The number of piperidine rings is 1. The number of nitrogens with one attached hydrogen (secondary N) is 1. The van der Waals surface area contributed by atoms with Crippen LogP contribution in [0.15, 0.2) is 12.4 Å². The Morgan fingerprint density at radius 3 is 2.70 bits per heavy atom. The number of hydrogen-bond donors (Lipinski definition) is 1. The van der Waals surface area contributed by atoms with Crippen molar-refractivity contribution < 1.29 is 0 Å². The number of rotatable bonds is 5. The van der Waals surface area contributed by atoms with Crippen LogP contribution in [-0.2, 0) is 19.3 Å². The van der Waals surface area contributed by atoms with Gasteiger partial charge in [0.25, 0.3) is 0 Å². The van der Waals surface area contributed by atoms with Crippen LogP contribution in [0.4, 0.5) is 11.6 Å². The fraction of sp³-hybridized carbons (Fsp3) is 0.619. The van der Waals surface area contributed by atoms with E-state index >= 15 is 0 Å². The normalized spacial score (nSPS) is 20.0. The third-order valence-electron chi connectivity index (χ3n) is 6.12. The molecule has 0 aromatic carbocycles. The summed E-state index contributed by atoms with van der Waals surface area (Å²) in [6.45, 7) is 4.19. The standard InChI is InChI=1S/C21H28N6/c1-2-15-12-19(23-13-22-15)27-10-8-16(9-11-27)24-21-17-4-3-5-18(17)25-20(26-21)14-6-7-14/h12-14,16H,2-11H2,1H3,(H,24,25,26). The zero-order valence-electron chi connectivity index (χ0n) is 16.1. The molecule has 3 heterocycles. The van der Waals surface area contributed by atoms with Crippen molar-refractivity contribution in [1.29, 1.82) is 0 Å². The summed E-state index contributed by atoms with van der Waals surface area (Å²) in [5, 5.41) is 3.79. The molecule has 1 saturated carbocycles. The van der Waals surface area contributed by atoms with Gasteiger partial charge in [-0.05, 0) is 51.4 Å². The van der Waals surface area contributed by atoms with Gasteiger partial charge >= 0.3 is 0 Å². The molecule has 1 saturated heterocycles. The largest absolute Gasteiger partial charge is 0.367 e. The van der Waals surface area contributed by atoms with Crippen LogP contribution in [0.3, 0.4) is 0 Å². The molecule has 2 aliphatic carbocycles. The second-order valence-electron chi connectivity index (χ2n) is 8.11. The van der Waals surface area contributed by atoms with Gasteiger partial charge in [0.05, 0.1) is 0 Å². The van der Waals surface area contributed by atoms with Gasteiger partial charge in [0.15, 0.2) is 0 Å². The number of aromatic nitrogens is 4. The van der Waals surface area contributed by atoms with Gasteiger partial charge < -0.3 is 10.2 Å². The molecule has 2 fully saturated rings. The minimum absolute atomic E-state index is 0.486. The topological polar surface area (TPSA) is 66.8 Å². The van der Waals surface area contributed by atoms with Crippen molar-refractivity contribution in [2.24, 2.45) is 0 Å². The lowest BCUT2D eigenvalue weighted by Gasteiger charge is -2.33. The van der Waals surface area contributed by atoms with Crippen LogP contribution in [0.5, 0.6) is 0 Å². The minimum Gasteiger partial charge on any atom is -0.367 e. The predicted molar refractivity (Wildman–Crippen MR) is 106 cm³/mol. The highest BCUT2D eigenvalue weighted by Gasteiger charge is 2.30. The average molecular weight is 364 g/mol. The van der Waals surface area contributed by atoms with Crippen molar-refractivity contribution in [3.8, 4) is 0 Å². The first-order valence-electron chi connectivity index (χ1n) is 10.5. The highest BCUT2D eigenvalue weighted by Crippen LogP contribution is 2.40. The van der Waals surface area contributed by atoms with Crippen LogP contribution in [0, 0.1) is 0 Å². The molecule has 6 heteroatoms. The number of anilines is 2. The van der Waals surface area contributed by atoms with E-state index < -0.39 is 0 Å². The Balaban J connectivity index is 1.27. The van der Waals surface area contributed by atoms with E-state index in [-0.39, 0.29) is 0 Å². The quantitative estimate of drug-likeness (QED) is 0.878. The van der Waals surface area contributed by atoms with Gasteiger partial charge in [0.1, 0.15) is 23.8 Å². The number of fused-ring (bicyclic) bond motifs is 1. The molecule has 2 aromatic rings. The fourth-order valence-electron chi connectivity index (χ4n) is 4.29. The molecule has 27 heavy (non-hydrogen) atoms. The van der Waals surface area contributed by atoms with Crippen LogP contribution >= 0.6 is 0 Å². The summed E-state index contributed by atoms with van der Waals surface area (Å²) in [4.78, 5) is 21.0. The predicted octanol–water partition coefficient (Wildman–Crippen LogP) is 3.28. The molecule has 1 N–H and O–H groups in total. The SMILES string of the molecule is CCc1cc(N2CCC(Nc3nc(C4CC4)nc4c3CCC4)CC2)ncn1. The Morgan fingerprint density at radius 1 is 1.07 bits per heavy atom. The van der Waals surface area contributed by atoms with Crippen LogP contribution in [0.2, 0.25) is 0 Å². The Hall–Kier alpha value is -2.24. The first-order chi connectivity index (χ1) is 13.3. The van der Waals surface area contributed by atoms with E-state index in [4.69, 9.17) is 9.97 Å². The number of aryl methyl sites for hydroxylation is 2. The van der Waals surface area contributed by atoms with Crippen LogP contribution in [0.1, 0.15) is 67.7 Å². The van der Waals surface area contributed by atoms with E-state index in [9.17, 15) is 0 Å². The molecule has 1 aliphatic heterocycles. The Kier molecular flexibility index (Phi) is 4.42. The molecule has 0 amide bonds. The fourth-order valence-corrected chi connectivity index (χ4v) is 4.29. The summed E-state index contributed by atoms with van der Waals surface area (Å²) in [5.74, 6) is 3.90. The van der Waals surface area contributed by atoms with Gasteiger partial charge in [0, 0.05) is 48.1 Å². The van der Waals surface area contributed by atoms with E-state index in [0.717, 1.165) is 68.3 Å². The molecule has 142 valence electrons. The first-order valence-corrected chi connectivity index (χ1v) is 10.5. The van der Waals surface area contributed by atoms with Gasteiger partial charge in [0.2, 0.25) is 0 Å². The third-order valence-corrected chi connectivity index (χ3v) is 6.12. The molecule has 0 bridgehead atoms. The molecule has 0 radical (unpaired) electrons. The minimum atomic E-state index is 0.486. The van der Waals surface area contributed by atoms with Crippen molar-refractivity contribution in [3.63, 3.8) is 0 Å². The maximum Gasteiger partial charge on any atom is 0.134 e. The molecule has 0 spiro atoms. The lowest BCUT2D eigenvalue weighted by atomic mass is 10.0. The molecular weight excluding hydrogens is 336 g/mol. The Labute approximate surface area is 160 Å². The van der Waals surface area contributed by atoms with E-state index in [1.165, 1.54) is 30.5 Å². The Morgan fingerprint density at radius 2 is 1.93 bits per heavy atom. The van der Waals surface area contributed by atoms with Crippen molar-refractivity contribution in [2.45, 2.75) is 70.3 Å². The average Bonchev–Trinajstić information content (AvgIpc) is 3.46. The van der Waals surface area contributed by atoms with Crippen LogP contribution in [-0.4, -0.2) is 39.1 Å². The van der Waals surface area contributed by atoms with Crippen molar-refractivity contribution in [3.05, 3.63) is 35.2 Å². The zero-order valence-corrected chi connectivity index (χ0v) is 16.1. The van der Waals surface area contributed by atoms with Crippen LogP contribution in [0.25, 0.3) is 0 Å². The molecule has 3 aliphatic rings. The lowest BCUT2D eigenvalue weighted by molar-refractivity contribution is 0.521. The number of nitrogens with zero attached hydrogens (tertiary/aromatic N) is 5. The highest BCUT2D eigenvalue weighted by atomic mass is 15.2. The highest BCUT2D eigenvalue weighted by molar-refractivity contribution is 5.50. The third kappa shape index (κ3) is 3.49. The maximum absolute atomic E-state index is 4.94. The van der Waals surface area contributed by atoms with Gasteiger partial charge in [-0.2, -0.15) is 0 Å². The molecule has 5 rings (SSSR count). The second-order valence-corrected chi connectivity index (χ2v) is 8.11. The summed E-state index contributed by atoms with van der Waals surface area (Å²) in [6, 6.07) is 2.62. The van der Waals surface area contributed by atoms with Crippen LogP contribution < -0.4 is 10.2 Å². The molecular formula is C21H28N6. The van der Waals surface area contributed by atoms with E-state index in [2.05, 4.69) is 33.2 Å². The lowest BCUT2D eigenvalue weighted by Crippen LogP contribution is -2.40. The maximum atomic E-state index is 4.94. The second kappa shape index (κ2) is 7.06.